The third kappa shape index (κ3) is 6.65. The Labute approximate surface area is 217 Å². The molecule has 0 radical (unpaired) electrons. The lowest BCUT2D eigenvalue weighted by Gasteiger charge is -2.34. The first kappa shape index (κ1) is 26.2. The van der Waals surface area contributed by atoms with E-state index in [1.165, 1.54) is 18.0 Å². The van der Waals surface area contributed by atoms with Gasteiger partial charge in [0.1, 0.15) is 11.4 Å². The zero-order valence-corrected chi connectivity index (χ0v) is 22.2. The summed E-state index contributed by atoms with van der Waals surface area (Å²) < 4.78 is 1.62. The van der Waals surface area contributed by atoms with Crippen LogP contribution in [0.3, 0.4) is 0 Å². The molecule has 1 saturated heterocycles. The van der Waals surface area contributed by atoms with E-state index in [-0.39, 0.29) is 23.6 Å². The van der Waals surface area contributed by atoms with Crippen LogP contribution in [0.2, 0.25) is 0 Å². The number of benzene rings is 1. The van der Waals surface area contributed by atoms with Crippen LogP contribution in [-0.4, -0.2) is 64.6 Å². The highest BCUT2D eigenvalue weighted by atomic mass is 16.1. The molecule has 10 nitrogen and oxygen atoms in total. The van der Waals surface area contributed by atoms with Crippen molar-refractivity contribution in [1.82, 2.24) is 24.8 Å². The first-order valence-electron chi connectivity index (χ1n) is 12.7. The van der Waals surface area contributed by atoms with Crippen LogP contribution >= 0.6 is 0 Å². The molecule has 3 heterocycles. The van der Waals surface area contributed by atoms with Gasteiger partial charge in [-0.1, -0.05) is 0 Å². The van der Waals surface area contributed by atoms with Crippen LogP contribution in [0.5, 0.6) is 0 Å². The number of nitrogens with zero attached hydrogens (tertiary/aromatic N) is 5. The second kappa shape index (κ2) is 11.4. The third-order valence-electron chi connectivity index (χ3n) is 6.20. The highest BCUT2D eigenvalue weighted by Crippen LogP contribution is 2.24. The molecule has 0 aliphatic carbocycles. The Bertz CT molecular complexity index is 1280. The van der Waals surface area contributed by atoms with Gasteiger partial charge in [0, 0.05) is 68.1 Å². The topological polar surface area (TPSA) is 107 Å². The second-order valence-corrected chi connectivity index (χ2v) is 9.93. The molecule has 1 amide bonds. The monoisotopic (exact) mass is 504 g/mol. The van der Waals surface area contributed by atoms with Gasteiger partial charge < -0.3 is 30.3 Å². The van der Waals surface area contributed by atoms with Gasteiger partial charge in [-0.05, 0) is 65.1 Å². The predicted octanol–water partition coefficient (Wildman–Crippen LogP) is 3.60. The van der Waals surface area contributed by atoms with Gasteiger partial charge in [0.15, 0.2) is 0 Å². The van der Waals surface area contributed by atoms with E-state index in [0.29, 0.717) is 23.0 Å². The van der Waals surface area contributed by atoms with Crippen molar-refractivity contribution in [2.45, 2.75) is 39.8 Å². The summed E-state index contributed by atoms with van der Waals surface area (Å²) in [7, 11) is 2.14. The zero-order valence-electron chi connectivity index (χ0n) is 22.2. The second-order valence-electron chi connectivity index (χ2n) is 9.93. The number of hydrogen-bond acceptors (Lipinski definition) is 8. The number of carbonyl (C=O) groups is 1. The molecule has 0 unspecified atom stereocenters. The molecular weight excluding hydrogens is 468 g/mol. The number of hydrogen-bond donors (Lipinski definition) is 3. The van der Waals surface area contributed by atoms with Crippen molar-refractivity contribution >= 4 is 34.7 Å². The predicted molar refractivity (Wildman–Crippen MR) is 148 cm³/mol. The lowest BCUT2D eigenvalue weighted by Crippen LogP contribution is -2.44. The van der Waals surface area contributed by atoms with E-state index in [1.807, 2.05) is 39.8 Å². The lowest BCUT2D eigenvalue weighted by molar-refractivity contribution is 0.0943. The minimum atomic E-state index is -0.280. The Morgan fingerprint density at radius 2 is 1.59 bits per heavy atom. The van der Waals surface area contributed by atoms with Crippen molar-refractivity contribution in [2.75, 3.05) is 48.8 Å². The molecule has 1 aliphatic heterocycles. The van der Waals surface area contributed by atoms with Gasteiger partial charge in [0.2, 0.25) is 5.95 Å². The molecule has 3 aromatic rings. The number of carbonyl (C=O) groups excluding carboxylic acids is 1. The van der Waals surface area contributed by atoms with Gasteiger partial charge in [-0.2, -0.15) is 4.98 Å². The Morgan fingerprint density at radius 1 is 0.919 bits per heavy atom. The van der Waals surface area contributed by atoms with Crippen molar-refractivity contribution in [1.29, 1.82) is 0 Å². The van der Waals surface area contributed by atoms with Crippen LogP contribution in [0.4, 0.5) is 28.8 Å². The molecule has 196 valence electrons. The summed E-state index contributed by atoms with van der Waals surface area (Å²) in [6, 6.07) is 11.3. The van der Waals surface area contributed by atoms with E-state index in [1.54, 1.807) is 16.8 Å². The van der Waals surface area contributed by atoms with E-state index >= 15 is 0 Å². The molecule has 0 spiro atoms. The molecule has 3 N–H and O–H groups in total. The zero-order chi connectivity index (χ0) is 26.5. The van der Waals surface area contributed by atoms with Crippen LogP contribution in [0.15, 0.2) is 53.6 Å². The molecule has 1 aromatic carbocycles. The van der Waals surface area contributed by atoms with Gasteiger partial charge in [0.25, 0.3) is 11.5 Å². The maximum atomic E-state index is 12.9. The molecule has 1 fully saturated rings. The SMILES string of the molecule is CC(C)NC(=O)c1cnc(Nc2ccc(N3CCN(C)CC3)cc2)nc1Nc1ccc(=O)n(C(C)C)c1. The Morgan fingerprint density at radius 3 is 2.24 bits per heavy atom. The standard InChI is InChI=1S/C27H36N8O2/c1-18(2)29-26(37)23-16-28-27(32-25(23)30-21-8-11-24(36)35(17-21)19(3)4)31-20-6-9-22(10-7-20)34-14-12-33(5)13-15-34/h6-11,16-19H,12-15H2,1-5H3,(H,29,37)(H2,28,30,31,32). The Kier molecular flexibility index (Phi) is 8.08. The van der Waals surface area contributed by atoms with Crippen LogP contribution in [-0.2, 0) is 0 Å². The third-order valence-corrected chi connectivity index (χ3v) is 6.20. The van der Waals surface area contributed by atoms with Crippen molar-refractivity contribution in [3.05, 3.63) is 64.7 Å². The van der Waals surface area contributed by atoms with Crippen molar-refractivity contribution in [3.63, 3.8) is 0 Å². The number of nitrogens with one attached hydrogen (secondary N) is 3. The van der Waals surface area contributed by atoms with E-state index in [2.05, 4.69) is 54.9 Å². The maximum absolute atomic E-state index is 12.9. The van der Waals surface area contributed by atoms with Gasteiger partial charge in [-0.25, -0.2) is 4.98 Å². The molecule has 10 heteroatoms. The molecule has 0 atom stereocenters. The first-order chi connectivity index (χ1) is 17.7. The number of rotatable bonds is 8. The number of anilines is 5. The van der Waals surface area contributed by atoms with Gasteiger partial charge in [-0.3, -0.25) is 9.59 Å². The fourth-order valence-electron chi connectivity index (χ4n) is 4.11. The molecule has 0 saturated carbocycles. The van der Waals surface area contributed by atoms with E-state index in [4.69, 9.17) is 0 Å². The van der Waals surface area contributed by atoms with Gasteiger partial charge in [0.05, 0.1) is 5.69 Å². The smallest absolute Gasteiger partial charge is 0.256 e. The molecule has 4 rings (SSSR count). The van der Waals surface area contributed by atoms with Crippen LogP contribution in [0.1, 0.15) is 44.1 Å². The lowest BCUT2D eigenvalue weighted by atomic mass is 10.2. The van der Waals surface area contributed by atoms with Crippen LogP contribution in [0.25, 0.3) is 0 Å². The van der Waals surface area contributed by atoms with Gasteiger partial charge in [-0.15, -0.1) is 0 Å². The quantitative estimate of drug-likeness (QED) is 0.427. The number of pyridine rings is 1. The van der Waals surface area contributed by atoms with Crippen molar-refractivity contribution < 1.29 is 4.79 Å². The summed E-state index contributed by atoms with van der Waals surface area (Å²) in [6.07, 6.45) is 3.23. The summed E-state index contributed by atoms with van der Waals surface area (Å²) >= 11 is 0. The van der Waals surface area contributed by atoms with Crippen LogP contribution in [0, 0.1) is 0 Å². The fourth-order valence-corrected chi connectivity index (χ4v) is 4.11. The highest BCUT2D eigenvalue weighted by molar-refractivity contribution is 5.99. The van der Waals surface area contributed by atoms with Crippen molar-refractivity contribution in [3.8, 4) is 0 Å². The molecular formula is C27H36N8O2. The Balaban J connectivity index is 1.57. The normalized spacial score (nSPS) is 14.2. The molecule has 37 heavy (non-hydrogen) atoms. The number of piperazine rings is 1. The summed E-state index contributed by atoms with van der Waals surface area (Å²) in [5.74, 6) is 0.421. The molecule has 2 aromatic heterocycles. The number of aromatic nitrogens is 3. The first-order valence-corrected chi connectivity index (χ1v) is 12.7. The van der Waals surface area contributed by atoms with Crippen molar-refractivity contribution in [2.24, 2.45) is 0 Å². The minimum Gasteiger partial charge on any atom is -0.369 e. The average Bonchev–Trinajstić information content (AvgIpc) is 2.86. The maximum Gasteiger partial charge on any atom is 0.256 e. The molecule has 0 bridgehead atoms. The largest absolute Gasteiger partial charge is 0.369 e. The summed E-state index contributed by atoms with van der Waals surface area (Å²) in [6.45, 7) is 11.8. The summed E-state index contributed by atoms with van der Waals surface area (Å²) in [5, 5.41) is 9.34. The Hall–Kier alpha value is -3.92. The van der Waals surface area contributed by atoms with E-state index < -0.39 is 0 Å². The highest BCUT2D eigenvalue weighted by Gasteiger charge is 2.18. The van der Waals surface area contributed by atoms with Gasteiger partial charge >= 0.3 is 0 Å². The summed E-state index contributed by atoms with van der Waals surface area (Å²) in [5.41, 5.74) is 2.89. The van der Waals surface area contributed by atoms with E-state index in [9.17, 15) is 9.59 Å². The molecule has 1 aliphatic rings. The minimum absolute atomic E-state index is 0.00518. The number of likely N-dealkylation sites (N-methyl/N-ethyl adjacent to an activating group) is 1. The summed E-state index contributed by atoms with van der Waals surface area (Å²) in [4.78, 5) is 38.8. The average molecular weight is 505 g/mol. The van der Waals surface area contributed by atoms with E-state index in [0.717, 1.165) is 31.9 Å². The van der Waals surface area contributed by atoms with Crippen LogP contribution < -0.4 is 26.4 Å². The fraction of sp³-hybridized carbons (Fsp3) is 0.407. The number of amides is 1.